The zero-order valence-electron chi connectivity index (χ0n) is 23.6. The van der Waals surface area contributed by atoms with Crippen LogP contribution in [-0.2, 0) is 12.7 Å². The molecule has 222 valence electrons. The lowest BCUT2D eigenvalue weighted by atomic mass is 9.83. The van der Waals surface area contributed by atoms with Crippen LogP contribution in [0.2, 0.25) is 0 Å². The Hall–Kier alpha value is -4.81. The van der Waals surface area contributed by atoms with Gasteiger partial charge in [-0.2, -0.15) is 18.3 Å². The number of imidazole rings is 1. The number of Topliss-reactive ketones (excluding diaryl/α,β-unsaturated/α-hetero) is 1. The number of fused-ring (bicyclic) bond motifs is 1. The number of anilines is 2. The van der Waals surface area contributed by atoms with Gasteiger partial charge in [-0.05, 0) is 49.6 Å². The van der Waals surface area contributed by atoms with E-state index in [1.807, 2.05) is 25.1 Å². The fraction of sp³-hybridized carbons (Fsp3) is 0.333. The molecule has 43 heavy (non-hydrogen) atoms. The lowest BCUT2D eigenvalue weighted by Crippen LogP contribution is -2.18. The molecular formula is C30H29F3N8O2. The number of carbonyl (C=O) groups is 1. The van der Waals surface area contributed by atoms with Crippen LogP contribution in [0.1, 0.15) is 59.4 Å². The molecule has 1 aliphatic carbocycles. The van der Waals surface area contributed by atoms with E-state index < -0.39 is 11.9 Å². The van der Waals surface area contributed by atoms with Gasteiger partial charge in [-0.1, -0.05) is 19.3 Å². The molecule has 4 aromatic heterocycles. The number of aromatic nitrogens is 7. The lowest BCUT2D eigenvalue weighted by molar-refractivity contribution is -0.141. The molecule has 0 spiro atoms. The molecule has 0 amide bonds. The number of alkyl halides is 3. The van der Waals surface area contributed by atoms with Gasteiger partial charge in [0.1, 0.15) is 0 Å². The third-order valence-electron chi connectivity index (χ3n) is 7.69. The lowest BCUT2D eigenvalue weighted by Gasteiger charge is -2.21. The summed E-state index contributed by atoms with van der Waals surface area (Å²) >= 11 is 0. The van der Waals surface area contributed by atoms with E-state index >= 15 is 0 Å². The van der Waals surface area contributed by atoms with Gasteiger partial charge >= 0.3 is 6.18 Å². The fourth-order valence-corrected chi connectivity index (χ4v) is 5.55. The number of aryl methyl sites for hydroxylation is 1. The molecule has 1 aromatic carbocycles. The van der Waals surface area contributed by atoms with Crippen LogP contribution in [0.15, 0.2) is 55.1 Å². The minimum atomic E-state index is -4.71. The second kappa shape index (κ2) is 11.5. The molecule has 0 atom stereocenters. The van der Waals surface area contributed by atoms with Crippen LogP contribution in [0, 0.1) is 12.8 Å². The average molecular weight is 591 g/mol. The van der Waals surface area contributed by atoms with Gasteiger partial charge in [0.2, 0.25) is 5.88 Å². The normalized spacial score (nSPS) is 14.3. The predicted molar refractivity (Wildman–Crippen MR) is 152 cm³/mol. The summed E-state index contributed by atoms with van der Waals surface area (Å²) in [6.45, 7) is 1.88. The van der Waals surface area contributed by atoms with Crippen LogP contribution in [0.4, 0.5) is 24.7 Å². The summed E-state index contributed by atoms with van der Waals surface area (Å²) in [4.78, 5) is 21.9. The Balaban J connectivity index is 1.29. The van der Waals surface area contributed by atoms with E-state index in [2.05, 4.69) is 30.6 Å². The van der Waals surface area contributed by atoms with Crippen molar-refractivity contribution in [3.05, 3.63) is 77.6 Å². The average Bonchev–Trinajstić information content (AvgIpc) is 3.63. The molecule has 1 N–H and O–H groups in total. The summed E-state index contributed by atoms with van der Waals surface area (Å²) in [6.07, 6.45) is 6.20. The van der Waals surface area contributed by atoms with Crippen molar-refractivity contribution in [2.24, 2.45) is 5.92 Å². The van der Waals surface area contributed by atoms with Gasteiger partial charge in [0.25, 0.3) is 0 Å². The van der Waals surface area contributed by atoms with E-state index in [1.165, 1.54) is 41.2 Å². The number of hydrogen-bond donors (Lipinski definition) is 1. The van der Waals surface area contributed by atoms with Gasteiger partial charge in [0.15, 0.2) is 22.9 Å². The van der Waals surface area contributed by atoms with Gasteiger partial charge in [-0.3, -0.25) is 13.9 Å². The maximum absolute atomic E-state index is 14.1. The molecule has 5 aromatic rings. The molecule has 0 saturated heterocycles. The summed E-state index contributed by atoms with van der Waals surface area (Å²) < 4.78 is 50.0. The van der Waals surface area contributed by atoms with Crippen LogP contribution in [0.25, 0.3) is 16.9 Å². The Labute approximate surface area is 245 Å². The van der Waals surface area contributed by atoms with E-state index in [4.69, 9.17) is 4.74 Å². The number of halogens is 3. The summed E-state index contributed by atoms with van der Waals surface area (Å²) in [5, 5.41) is 14.9. The Bertz CT molecular complexity index is 1770. The number of ether oxygens (including phenoxy) is 1. The highest BCUT2D eigenvalue weighted by molar-refractivity contribution is 5.99. The SMILES string of the molecule is COc1ccc(Cn2cc(-c3cnc4c(Nc5ccc(C(=O)C6CCCCC6)c(C)c5)nccn34)c(C(F)(F)F)n2)nn1. The van der Waals surface area contributed by atoms with E-state index in [1.54, 1.807) is 18.3 Å². The van der Waals surface area contributed by atoms with Gasteiger partial charge < -0.3 is 10.1 Å². The molecule has 10 nitrogen and oxygen atoms in total. The first-order chi connectivity index (χ1) is 20.7. The second-order valence-electron chi connectivity index (χ2n) is 10.6. The Morgan fingerprint density at radius 2 is 1.91 bits per heavy atom. The van der Waals surface area contributed by atoms with Crippen molar-refractivity contribution in [2.45, 2.75) is 51.7 Å². The molecule has 0 unspecified atom stereocenters. The van der Waals surface area contributed by atoms with E-state index in [9.17, 15) is 18.0 Å². The number of methoxy groups -OCH3 is 1. The van der Waals surface area contributed by atoms with Gasteiger partial charge in [0, 0.05) is 41.8 Å². The van der Waals surface area contributed by atoms with Crippen molar-refractivity contribution in [3.8, 4) is 17.1 Å². The van der Waals surface area contributed by atoms with Crippen molar-refractivity contribution in [3.63, 3.8) is 0 Å². The summed E-state index contributed by atoms with van der Waals surface area (Å²) in [6, 6.07) is 8.69. The first-order valence-corrected chi connectivity index (χ1v) is 14.0. The molecule has 1 saturated carbocycles. The monoisotopic (exact) mass is 590 g/mol. The second-order valence-corrected chi connectivity index (χ2v) is 10.6. The zero-order valence-corrected chi connectivity index (χ0v) is 23.6. The predicted octanol–water partition coefficient (Wildman–Crippen LogP) is 6.27. The number of hydrogen-bond acceptors (Lipinski definition) is 8. The highest BCUT2D eigenvalue weighted by Gasteiger charge is 2.38. The van der Waals surface area contributed by atoms with E-state index in [0.717, 1.165) is 31.2 Å². The Kier molecular flexibility index (Phi) is 7.55. The zero-order chi connectivity index (χ0) is 30.1. The highest BCUT2D eigenvalue weighted by Crippen LogP contribution is 2.37. The molecule has 0 radical (unpaired) electrons. The van der Waals surface area contributed by atoms with Gasteiger partial charge in [0.05, 0.1) is 36.8 Å². The van der Waals surface area contributed by atoms with Gasteiger partial charge in [-0.15, -0.1) is 10.2 Å². The third-order valence-corrected chi connectivity index (χ3v) is 7.69. The summed E-state index contributed by atoms with van der Waals surface area (Å²) in [7, 11) is 1.45. The number of rotatable bonds is 8. The number of ketones is 1. The highest BCUT2D eigenvalue weighted by atomic mass is 19.4. The fourth-order valence-electron chi connectivity index (χ4n) is 5.55. The molecule has 4 heterocycles. The first kappa shape index (κ1) is 28.3. The number of nitrogens with zero attached hydrogens (tertiary/aromatic N) is 7. The van der Waals surface area contributed by atoms with Crippen LogP contribution >= 0.6 is 0 Å². The summed E-state index contributed by atoms with van der Waals surface area (Å²) in [5.41, 5.74) is 2.01. The Morgan fingerprint density at radius 1 is 1.09 bits per heavy atom. The largest absolute Gasteiger partial charge is 0.480 e. The molecule has 0 aliphatic heterocycles. The number of benzene rings is 1. The van der Waals surface area contributed by atoms with E-state index in [-0.39, 0.29) is 29.5 Å². The maximum atomic E-state index is 14.1. The minimum absolute atomic E-state index is 0.0240. The Morgan fingerprint density at radius 3 is 2.60 bits per heavy atom. The van der Waals surface area contributed by atoms with Crippen LogP contribution in [-0.4, -0.2) is 47.2 Å². The summed E-state index contributed by atoms with van der Waals surface area (Å²) in [5.74, 6) is 0.902. The molecule has 0 bridgehead atoms. The number of nitrogens with one attached hydrogen (secondary N) is 1. The molecule has 1 fully saturated rings. The quantitative estimate of drug-likeness (QED) is 0.210. The standard InChI is InChI=1S/C30H29F3N8O2/c1-18-14-20(8-10-22(18)26(42)19-6-4-3-5-7-19)36-28-29-35-15-24(41(29)13-12-34-28)23-17-40(39-27(23)30(31,32)33)16-21-9-11-25(43-2)38-37-21/h8-15,17,19H,3-7,16H2,1-2H3,(H,34,36). The van der Waals surface area contributed by atoms with Gasteiger partial charge in [-0.25, -0.2) is 9.97 Å². The van der Waals surface area contributed by atoms with Crippen LogP contribution in [0.3, 0.4) is 0 Å². The molecule has 1 aliphatic rings. The van der Waals surface area contributed by atoms with Crippen LogP contribution < -0.4 is 10.1 Å². The van der Waals surface area contributed by atoms with Crippen molar-refractivity contribution in [2.75, 3.05) is 12.4 Å². The number of carbonyl (C=O) groups excluding carboxylic acids is 1. The molecule has 13 heteroatoms. The molecular weight excluding hydrogens is 561 g/mol. The van der Waals surface area contributed by atoms with Crippen molar-refractivity contribution in [1.82, 2.24) is 34.3 Å². The first-order valence-electron chi connectivity index (χ1n) is 14.0. The third kappa shape index (κ3) is 5.79. The van der Waals surface area contributed by atoms with E-state index in [0.29, 0.717) is 34.3 Å². The van der Waals surface area contributed by atoms with Crippen molar-refractivity contribution in [1.29, 1.82) is 0 Å². The topological polar surface area (TPSA) is 112 Å². The van der Waals surface area contributed by atoms with Crippen LogP contribution in [0.5, 0.6) is 5.88 Å². The maximum Gasteiger partial charge on any atom is 0.435 e. The minimum Gasteiger partial charge on any atom is -0.480 e. The smallest absolute Gasteiger partial charge is 0.435 e. The molecule has 6 rings (SSSR count). The van der Waals surface area contributed by atoms with Crippen molar-refractivity contribution < 1.29 is 22.7 Å². The van der Waals surface area contributed by atoms with Crippen molar-refractivity contribution >= 4 is 22.9 Å².